The highest BCUT2D eigenvalue weighted by Crippen LogP contribution is 2.35. The van der Waals surface area contributed by atoms with Gasteiger partial charge in [0, 0.05) is 31.7 Å². The van der Waals surface area contributed by atoms with Gasteiger partial charge in [-0.2, -0.15) is 0 Å². The fourth-order valence-electron chi connectivity index (χ4n) is 3.69. The molecule has 5 heteroatoms. The number of benzene rings is 2. The average molecular weight is 340 g/mol. The van der Waals surface area contributed by atoms with Crippen LogP contribution in [0.1, 0.15) is 17.9 Å². The Labute approximate surface area is 146 Å². The summed E-state index contributed by atoms with van der Waals surface area (Å²) in [7, 11) is 0. The standard InChI is InChI=1S/C20H21FN2O2/c21-17-6-2-3-7-18(17)22-10-12-23(13-11-22)20(24)16-9-14-25-19-8-4-1-5-15(16)19/h1-8,16H,9-14H2. The molecule has 1 saturated heterocycles. The quantitative estimate of drug-likeness (QED) is 0.842. The molecule has 2 heterocycles. The van der Waals surface area contributed by atoms with Gasteiger partial charge in [0.1, 0.15) is 11.6 Å². The highest BCUT2D eigenvalue weighted by Gasteiger charge is 2.32. The SMILES string of the molecule is O=C(C1CCOc2ccccc21)N1CCN(c2ccccc2F)CC1. The lowest BCUT2D eigenvalue weighted by molar-refractivity contribution is -0.133. The van der Waals surface area contributed by atoms with Crippen LogP contribution in [0.25, 0.3) is 0 Å². The van der Waals surface area contributed by atoms with Crippen LogP contribution in [-0.2, 0) is 4.79 Å². The molecule has 0 spiro atoms. The molecule has 25 heavy (non-hydrogen) atoms. The molecule has 0 N–H and O–H groups in total. The van der Waals surface area contributed by atoms with Crippen molar-refractivity contribution in [2.24, 2.45) is 0 Å². The second-order valence-electron chi connectivity index (χ2n) is 6.49. The minimum absolute atomic E-state index is 0.134. The second-order valence-corrected chi connectivity index (χ2v) is 6.49. The number of carbonyl (C=O) groups is 1. The molecule has 1 unspecified atom stereocenters. The number of fused-ring (bicyclic) bond motifs is 1. The largest absolute Gasteiger partial charge is 0.493 e. The van der Waals surface area contributed by atoms with Crippen LogP contribution in [0.2, 0.25) is 0 Å². The number of hydrogen-bond acceptors (Lipinski definition) is 3. The number of carbonyl (C=O) groups excluding carboxylic acids is 1. The third-order valence-electron chi connectivity index (χ3n) is 5.04. The first-order chi connectivity index (χ1) is 12.2. The summed E-state index contributed by atoms with van der Waals surface area (Å²) in [6.45, 7) is 3.11. The lowest BCUT2D eigenvalue weighted by atomic mass is 9.91. The van der Waals surface area contributed by atoms with Gasteiger partial charge in [-0.3, -0.25) is 4.79 Å². The molecule has 0 aromatic heterocycles. The highest BCUT2D eigenvalue weighted by atomic mass is 19.1. The van der Waals surface area contributed by atoms with E-state index in [1.807, 2.05) is 40.1 Å². The maximum atomic E-state index is 13.9. The summed E-state index contributed by atoms with van der Waals surface area (Å²) in [5.41, 5.74) is 1.60. The molecule has 1 amide bonds. The molecular formula is C20H21FN2O2. The Kier molecular flexibility index (Phi) is 4.30. The number of piperazine rings is 1. The second kappa shape index (κ2) is 6.75. The van der Waals surface area contributed by atoms with Crippen molar-refractivity contribution in [3.63, 3.8) is 0 Å². The molecule has 1 fully saturated rings. The molecule has 1 atom stereocenters. The van der Waals surface area contributed by atoms with E-state index in [-0.39, 0.29) is 17.6 Å². The van der Waals surface area contributed by atoms with Crippen molar-refractivity contribution in [1.29, 1.82) is 0 Å². The minimum Gasteiger partial charge on any atom is -0.493 e. The number of hydrogen-bond donors (Lipinski definition) is 0. The van der Waals surface area contributed by atoms with Gasteiger partial charge < -0.3 is 14.5 Å². The van der Waals surface area contributed by atoms with E-state index in [0.29, 0.717) is 44.9 Å². The summed E-state index contributed by atoms with van der Waals surface area (Å²) in [4.78, 5) is 16.9. The Bertz CT molecular complexity index is 772. The minimum atomic E-state index is -0.208. The number of nitrogens with zero attached hydrogens (tertiary/aromatic N) is 2. The average Bonchev–Trinajstić information content (AvgIpc) is 2.67. The monoisotopic (exact) mass is 340 g/mol. The van der Waals surface area contributed by atoms with Crippen LogP contribution in [-0.4, -0.2) is 43.6 Å². The molecular weight excluding hydrogens is 319 g/mol. The maximum Gasteiger partial charge on any atom is 0.230 e. The Morgan fingerprint density at radius 1 is 1.00 bits per heavy atom. The fraction of sp³-hybridized carbons (Fsp3) is 0.350. The van der Waals surface area contributed by atoms with E-state index in [4.69, 9.17) is 4.74 Å². The Morgan fingerprint density at radius 3 is 2.52 bits per heavy atom. The third-order valence-corrected chi connectivity index (χ3v) is 5.04. The molecule has 0 bridgehead atoms. The predicted octanol–water partition coefficient (Wildman–Crippen LogP) is 3.04. The van der Waals surface area contributed by atoms with Crippen molar-refractivity contribution in [3.8, 4) is 5.75 Å². The summed E-state index contributed by atoms with van der Waals surface area (Å²) in [5, 5.41) is 0. The fourth-order valence-corrected chi connectivity index (χ4v) is 3.69. The number of rotatable bonds is 2. The van der Waals surface area contributed by atoms with E-state index >= 15 is 0 Å². The number of halogens is 1. The van der Waals surface area contributed by atoms with Crippen molar-refractivity contribution in [3.05, 3.63) is 59.9 Å². The first-order valence-corrected chi connectivity index (χ1v) is 8.74. The molecule has 0 radical (unpaired) electrons. The van der Waals surface area contributed by atoms with Crippen LogP contribution in [0.3, 0.4) is 0 Å². The Hall–Kier alpha value is -2.56. The molecule has 0 saturated carbocycles. The number of amides is 1. The normalized spacial score (nSPS) is 20.0. The summed E-state index contributed by atoms with van der Waals surface area (Å²) < 4.78 is 19.6. The van der Waals surface area contributed by atoms with E-state index in [1.165, 1.54) is 6.07 Å². The van der Waals surface area contributed by atoms with E-state index in [0.717, 1.165) is 11.3 Å². The van der Waals surface area contributed by atoms with Crippen molar-refractivity contribution >= 4 is 11.6 Å². The van der Waals surface area contributed by atoms with E-state index < -0.39 is 0 Å². The molecule has 2 aromatic rings. The molecule has 2 aromatic carbocycles. The molecule has 130 valence electrons. The lowest BCUT2D eigenvalue weighted by Crippen LogP contribution is -2.50. The first kappa shape index (κ1) is 15.9. The summed E-state index contributed by atoms with van der Waals surface area (Å²) in [5.74, 6) is 0.631. The third kappa shape index (κ3) is 3.06. The summed E-state index contributed by atoms with van der Waals surface area (Å²) in [6, 6.07) is 14.6. The van der Waals surface area contributed by atoms with Crippen LogP contribution in [0.4, 0.5) is 10.1 Å². The molecule has 2 aliphatic rings. The number of anilines is 1. The topological polar surface area (TPSA) is 32.8 Å². The van der Waals surface area contributed by atoms with Gasteiger partial charge in [0.05, 0.1) is 18.2 Å². The van der Waals surface area contributed by atoms with Crippen LogP contribution in [0.5, 0.6) is 5.75 Å². The molecule has 0 aliphatic carbocycles. The zero-order valence-electron chi connectivity index (χ0n) is 14.0. The summed E-state index contributed by atoms with van der Waals surface area (Å²) >= 11 is 0. The van der Waals surface area contributed by atoms with Gasteiger partial charge in [-0.05, 0) is 24.6 Å². The van der Waals surface area contributed by atoms with Gasteiger partial charge in [0.25, 0.3) is 0 Å². The van der Waals surface area contributed by atoms with E-state index in [2.05, 4.69) is 0 Å². The molecule has 4 nitrogen and oxygen atoms in total. The van der Waals surface area contributed by atoms with E-state index in [9.17, 15) is 9.18 Å². The van der Waals surface area contributed by atoms with Crippen LogP contribution in [0.15, 0.2) is 48.5 Å². The van der Waals surface area contributed by atoms with Crippen molar-refractivity contribution in [2.45, 2.75) is 12.3 Å². The van der Waals surface area contributed by atoms with Gasteiger partial charge in [-0.25, -0.2) is 4.39 Å². The van der Waals surface area contributed by atoms with E-state index in [1.54, 1.807) is 12.1 Å². The predicted molar refractivity (Wildman–Crippen MR) is 94.5 cm³/mol. The number of ether oxygens (including phenoxy) is 1. The lowest BCUT2D eigenvalue weighted by Gasteiger charge is -2.38. The van der Waals surface area contributed by atoms with Crippen LogP contribution < -0.4 is 9.64 Å². The van der Waals surface area contributed by atoms with Gasteiger partial charge in [0.15, 0.2) is 0 Å². The van der Waals surface area contributed by atoms with Crippen molar-refractivity contribution in [2.75, 3.05) is 37.7 Å². The van der Waals surface area contributed by atoms with Gasteiger partial charge >= 0.3 is 0 Å². The van der Waals surface area contributed by atoms with Crippen molar-refractivity contribution < 1.29 is 13.9 Å². The zero-order chi connectivity index (χ0) is 17.2. The first-order valence-electron chi connectivity index (χ1n) is 8.74. The highest BCUT2D eigenvalue weighted by molar-refractivity contribution is 5.85. The maximum absolute atomic E-state index is 13.9. The Balaban J connectivity index is 1.45. The van der Waals surface area contributed by atoms with Crippen molar-refractivity contribution in [1.82, 2.24) is 4.90 Å². The molecule has 2 aliphatic heterocycles. The smallest absolute Gasteiger partial charge is 0.230 e. The Morgan fingerprint density at radius 2 is 1.72 bits per heavy atom. The van der Waals surface area contributed by atoms with Gasteiger partial charge in [0.2, 0.25) is 5.91 Å². The summed E-state index contributed by atoms with van der Waals surface area (Å²) in [6.07, 6.45) is 0.712. The van der Waals surface area contributed by atoms with Crippen LogP contribution >= 0.6 is 0 Å². The molecule has 4 rings (SSSR count). The van der Waals surface area contributed by atoms with Crippen LogP contribution in [0, 0.1) is 5.82 Å². The van der Waals surface area contributed by atoms with Gasteiger partial charge in [-0.1, -0.05) is 30.3 Å². The zero-order valence-corrected chi connectivity index (χ0v) is 14.0. The van der Waals surface area contributed by atoms with Gasteiger partial charge in [-0.15, -0.1) is 0 Å². The number of para-hydroxylation sites is 2.